The molecule has 2 amide bonds. The summed E-state index contributed by atoms with van der Waals surface area (Å²) in [4.78, 5) is 26.1. The fraction of sp³-hybridized carbons (Fsp3) is 0.429. The van der Waals surface area contributed by atoms with Crippen molar-refractivity contribution < 1.29 is 9.59 Å². The first-order valence-corrected chi connectivity index (χ1v) is 7.36. The molecule has 1 aromatic heterocycles. The summed E-state index contributed by atoms with van der Waals surface area (Å²) in [7, 11) is 0. The molecule has 0 radical (unpaired) electrons. The van der Waals surface area contributed by atoms with Gasteiger partial charge in [0.1, 0.15) is 4.88 Å². The summed E-state index contributed by atoms with van der Waals surface area (Å²) in [5.74, 6) is 5.00. The Hall–Kier alpha value is -1.84. The lowest BCUT2D eigenvalue weighted by molar-refractivity contribution is -0.123. The van der Waals surface area contributed by atoms with E-state index >= 15 is 0 Å². The number of carbonyl (C=O) groups excluding carboxylic acids is 2. The van der Waals surface area contributed by atoms with Crippen LogP contribution in [0, 0.1) is 17.8 Å². The molecule has 5 nitrogen and oxygen atoms in total. The standard InChI is InChI=1S/C14H17N3O2S/c15-6-1-3-10-5-8-20-12(10)14(19)17-7-2-4-11(9-17)13(16)18/h5,8,11H,2,4,6-7,9,15H2,(H2,16,18). The Morgan fingerprint density at radius 3 is 3.00 bits per heavy atom. The molecule has 1 aromatic rings. The maximum Gasteiger partial charge on any atom is 0.265 e. The van der Waals surface area contributed by atoms with Gasteiger partial charge in [0.2, 0.25) is 5.91 Å². The number of carbonyl (C=O) groups is 2. The Bertz CT molecular complexity index is 570. The lowest BCUT2D eigenvalue weighted by Crippen LogP contribution is -2.44. The van der Waals surface area contributed by atoms with Gasteiger partial charge in [0, 0.05) is 18.7 Å². The van der Waals surface area contributed by atoms with Crippen LogP contribution in [0.4, 0.5) is 0 Å². The molecular formula is C14H17N3O2S. The van der Waals surface area contributed by atoms with Crippen molar-refractivity contribution in [2.45, 2.75) is 12.8 Å². The van der Waals surface area contributed by atoms with Gasteiger partial charge >= 0.3 is 0 Å². The molecule has 0 spiro atoms. The molecule has 106 valence electrons. The molecule has 1 saturated heterocycles. The number of hydrogen-bond donors (Lipinski definition) is 2. The molecule has 1 unspecified atom stereocenters. The second kappa shape index (κ2) is 6.55. The summed E-state index contributed by atoms with van der Waals surface area (Å²) in [6.45, 7) is 1.32. The van der Waals surface area contributed by atoms with Crippen molar-refractivity contribution in [3.63, 3.8) is 0 Å². The maximum absolute atomic E-state index is 12.5. The Morgan fingerprint density at radius 2 is 2.30 bits per heavy atom. The third kappa shape index (κ3) is 3.18. The molecule has 0 aliphatic carbocycles. The second-order valence-corrected chi connectivity index (χ2v) is 5.58. The van der Waals surface area contributed by atoms with Crippen LogP contribution < -0.4 is 11.5 Å². The normalized spacial score (nSPS) is 18.2. The number of thiophene rings is 1. The van der Waals surface area contributed by atoms with E-state index < -0.39 is 0 Å². The molecular weight excluding hydrogens is 274 g/mol. The van der Waals surface area contributed by atoms with Gasteiger partial charge in [0.25, 0.3) is 5.91 Å². The van der Waals surface area contributed by atoms with E-state index in [1.54, 1.807) is 4.90 Å². The summed E-state index contributed by atoms with van der Waals surface area (Å²) in [5.41, 5.74) is 11.4. The first kappa shape index (κ1) is 14.6. The van der Waals surface area contributed by atoms with Crippen LogP contribution in [0.3, 0.4) is 0 Å². The van der Waals surface area contributed by atoms with Gasteiger partial charge in [-0.15, -0.1) is 11.3 Å². The first-order chi connectivity index (χ1) is 9.63. The van der Waals surface area contributed by atoms with Gasteiger partial charge in [0.15, 0.2) is 0 Å². The Labute approximate surface area is 121 Å². The lowest BCUT2D eigenvalue weighted by Gasteiger charge is -2.31. The Balaban J connectivity index is 2.15. The number of nitrogens with two attached hydrogens (primary N) is 2. The molecule has 20 heavy (non-hydrogen) atoms. The van der Waals surface area contributed by atoms with Gasteiger partial charge in [-0.25, -0.2) is 0 Å². The van der Waals surface area contributed by atoms with E-state index in [0.29, 0.717) is 23.5 Å². The Morgan fingerprint density at radius 1 is 1.50 bits per heavy atom. The van der Waals surface area contributed by atoms with Crippen LogP contribution in [-0.2, 0) is 4.79 Å². The van der Waals surface area contributed by atoms with Crippen molar-refractivity contribution in [3.05, 3.63) is 21.9 Å². The number of primary amides is 1. The summed E-state index contributed by atoms with van der Waals surface area (Å²) in [6.07, 6.45) is 1.55. The molecule has 6 heteroatoms. The summed E-state index contributed by atoms with van der Waals surface area (Å²) in [6, 6.07) is 1.82. The minimum absolute atomic E-state index is 0.0766. The average molecular weight is 291 g/mol. The largest absolute Gasteiger partial charge is 0.369 e. The van der Waals surface area contributed by atoms with E-state index in [2.05, 4.69) is 11.8 Å². The second-order valence-electron chi connectivity index (χ2n) is 4.66. The number of amides is 2. The fourth-order valence-electron chi connectivity index (χ4n) is 2.26. The minimum Gasteiger partial charge on any atom is -0.369 e. The van der Waals surface area contributed by atoms with Crippen molar-refractivity contribution >= 4 is 23.2 Å². The zero-order valence-electron chi connectivity index (χ0n) is 11.1. The highest BCUT2D eigenvalue weighted by atomic mass is 32.1. The van der Waals surface area contributed by atoms with E-state index in [0.717, 1.165) is 12.8 Å². The fourth-order valence-corrected chi connectivity index (χ4v) is 3.07. The molecule has 4 N–H and O–H groups in total. The smallest absolute Gasteiger partial charge is 0.265 e. The van der Waals surface area contributed by atoms with Crippen LogP contribution in [0.15, 0.2) is 11.4 Å². The van der Waals surface area contributed by atoms with E-state index in [-0.39, 0.29) is 24.3 Å². The molecule has 2 rings (SSSR count). The van der Waals surface area contributed by atoms with E-state index in [9.17, 15) is 9.59 Å². The zero-order valence-corrected chi connectivity index (χ0v) is 11.9. The van der Waals surface area contributed by atoms with Crippen LogP contribution in [0.1, 0.15) is 28.1 Å². The third-order valence-electron chi connectivity index (χ3n) is 3.30. The van der Waals surface area contributed by atoms with Gasteiger partial charge in [-0.05, 0) is 24.3 Å². The third-order valence-corrected chi connectivity index (χ3v) is 4.20. The minimum atomic E-state index is -0.336. The molecule has 0 saturated carbocycles. The van der Waals surface area contributed by atoms with Crippen molar-refractivity contribution in [3.8, 4) is 11.8 Å². The van der Waals surface area contributed by atoms with E-state index in [1.165, 1.54) is 11.3 Å². The Kier molecular flexibility index (Phi) is 4.77. The number of likely N-dealkylation sites (tertiary alicyclic amines) is 1. The number of hydrogen-bond acceptors (Lipinski definition) is 4. The topological polar surface area (TPSA) is 89.4 Å². The predicted octanol–water partition coefficient (Wildman–Crippen LogP) is 0.396. The van der Waals surface area contributed by atoms with Crippen molar-refractivity contribution in [2.24, 2.45) is 17.4 Å². The average Bonchev–Trinajstić information content (AvgIpc) is 2.92. The van der Waals surface area contributed by atoms with Crippen molar-refractivity contribution in [2.75, 3.05) is 19.6 Å². The van der Waals surface area contributed by atoms with Crippen molar-refractivity contribution in [1.29, 1.82) is 0 Å². The molecule has 0 aromatic carbocycles. The highest BCUT2D eigenvalue weighted by Gasteiger charge is 2.28. The summed E-state index contributed by atoms with van der Waals surface area (Å²) in [5, 5.41) is 1.84. The highest BCUT2D eigenvalue weighted by molar-refractivity contribution is 7.12. The predicted molar refractivity (Wildman–Crippen MR) is 78.1 cm³/mol. The zero-order chi connectivity index (χ0) is 14.5. The van der Waals surface area contributed by atoms with Gasteiger partial charge in [-0.3, -0.25) is 9.59 Å². The van der Waals surface area contributed by atoms with Crippen LogP contribution >= 0.6 is 11.3 Å². The van der Waals surface area contributed by atoms with Crippen LogP contribution in [0.5, 0.6) is 0 Å². The summed E-state index contributed by atoms with van der Waals surface area (Å²) >= 11 is 1.36. The molecule has 2 heterocycles. The van der Waals surface area contributed by atoms with Crippen LogP contribution in [0.2, 0.25) is 0 Å². The molecule has 1 atom stereocenters. The van der Waals surface area contributed by atoms with Gasteiger partial charge in [-0.2, -0.15) is 0 Å². The van der Waals surface area contributed by atoms with Gasteiger partial charge in [0.05, 0.1) is 12.5 Å². The van der Waals surface area contributed by atoms with E-state index in [4.69, 9.17) is 11.5 Å². The first-order valence-electron chi connectivity index (χ1n) is 6.48. The number of piperidine rings is 1. The molecule has 0 bridgehead atoms. The molecule has 1 aliphatic rings. The van der Waals surface area contributed by atoms with Crippen LogP contribution in [-0.4, -0.2) is 36.3 Å². The van der Waals surface area contributed by atoms with Gasteiger partial charge in [-0.1, -0.05) is 11.8 Å². The van der Waals surface area contributed by atoms with Crippen LogP contribution in [0.25, 0.3) is 0 Å². The lowest BCUT2D eigenvalue weighted by atomic mass is 9.97. The number of rotatable bonds is 2. The monoisotopic (exact) mass is 291 g/mol. The molecule has 1 aliphatic heterocycles. The highest BCUT2D eigenvalue weighted by Crippen LogP contribution is 2.22. The quantitative estimate of drug-likeness (QED) is 0.773. The van der Waals surface area contributed by atoms with Crippen molar-refractivity contribution in [1.82, 2.24) is 4.90 Å². The van der Waals surface area contributed by atoms with Gasteiger partial charge < -0.3 is 16.4 Å². The van der Waals surface area contributed by atoms with E-state index in [1.807, 2.05) is 11.4 Å². The molecule has 1 fully saturated rings. The SMILES string of the molecule is NCC#Cc1ccsc1C(=O)N1CCCC(C(N)=O)C1. The number of nitrogens with zero attached hydrogens (tertiary/aromatic N) is 1. The summed E-state index contributed by atoms with van der Waals surface area (Å²) < 4.78 is 0. The maximum atomic E-state index is 12.5.